The van der Waals surface area contributed by atoms with Gasteiger partial charge in [0.15, 0.2) is 0 Å². The molecule has 1 aromatic heterocycles. The minimum absolute atomic E-state index is 0.0881. The number of hydrogen-bond donors (Lipinski definition) is 1. The number of hydrogen-bond acceptors (Lipinski definition) is 4. The number of fused-ring (bicyclic) bond motifs is 1. The molecule has 5 nitrogen and oxygen atoms in total. The van der Waals surface area contributed by atoms with E-state index >= 15 is 0 Å². The molecule has 0 radical (unpaired) electrons. The van der Waals surface area contributed by atoms with Gasteiger partial charge in [-0.15, -0.1) is 11.8 Å². The van der Waals surface area contributed by atoms with Gasteiger partial charge in [-0.05, 0) is 43.2 Å². The number of aryl methyl sites for hydroxylation is 2. The molecule has 1 amide bonds. The molecule has 0 aliphatic heterocycles. The van der Waals surface area contributed by atoms with Crippen LogP contribution in [-0.4, -0.2) is 30.4 Å². The molecule has 170 valence electrons. The van der Waals surface area contributed by atoms with Crippen molar-refractivity contribution < 1.29 is 14.3 Å². The molecule has 33 heavy (non-hydrogen) atoms. The number of thioether (sulfide) groups is 1. The van der Waals surface area contributed by atoms with Gasteiger partial charge in [-0.3, -0.25) is 4.79 Å². The number of aromatic nitrogens is 1. The largest absolute Gasteiger partial charge is 0.497 e. The fraction of sp³-hybridized carbons (Fsp3) is 0.222. The Labute approximate surface area is 198 Å². The second kappa shape index (κ2) is 10.0. The minimum Gasteiger partial charge on any atom is -0.497 e. The summed E-state index contributed by atoms with van der Waals surface area (Å²) in [5, 5.41) is 4.10. The number of benzene rings is 3. The van der Waals surface area contributed by atoms with Gasteiger partial charge in [0.2, 0.25) is 5.91 Å². The maximum absolute atomic E-state index is 12.7. The Balaban J connectivity index is 1.51. The summed E-state index contributed by atoms with van der Waals surface area (Å²) in [7, 11) is 3.17. The van der Waals surface area contributed by atoms with Gasteiger partial charge < -0.3 is 19.4 Å². The van der Waals surface area contributed by atoms with Gasteiger partial charge >= 0.3 is 0 Å². The third-order valence-corrected chi connectivity index (χ3v) is 6.68. The predicted molar refractivity (Wildman–Crippen MR) is 136 cm³/mol. The fourth-order valence-corrected chi connectivity index (χ4v) is 4.73. The first-order valence-corrected chi connectivity index (χ1v) is 11.8. The van der Waals surface area contributed by atoms with Gasteiger partial charge in [0.1, 0.15) is 11.5 Å². The fourth-order valence-electron chi connectivity index (χ4n) is 3.84. The van der Waals surface area contributed by atoms with Gasteiger partial charge in [-0.25, -0.2) is 0 Å². The summed E-state index contributed by atoms with van der Waals surface area (Å²) < 4.78 is 12.9. The van der Waals surface area contributed by atoms with Crippen molar-refractivity contribution in [3.8, 4) is 11.5 Å². The van der Waals surface area contributed by atoms with E-state index in [2.05, 4.69) is 66.3 Å². The summed E-state index contributed by atoms with van der Waals surface area (Å²) in [6, 6.07) is 20.2. The quantitative estimate of drug-likeness (QED) is 0.325. The topological polar surface area (TPSA) is 52.5 Å². The molecule has 0 fully saturated rings. The monoisotopic (exact) mass is 460 g/mol. The summed E-state index contributed by atoms with van der Waals surface area (Å²) in [6.07, 6.45) is 2.15. The molecular weight excluding hydrogens is 432 g/mol. The Hall–Kier alpha value is -3.38. The summed E-state index contributed by atoms with van der Waals surface area (Å²) in [4.78, 5) is 13.8. The van der Waals surface area contributed by atoms with Crippen LogP contribution in [0.15, 0.2) is 71.8 Å². The van der Waals surface area contributed by atoms with Crippen LogP contribution in [0.25, 0.3) is 10.9 Å². The molecule has 4 aromatic rings. The Morgan fingerprint density at radius 2 is 1.82 bits per heavy atom. The summed E-state index contributed by atoms with van der Waals surface area (Å²) in [5.41, 5.74) is 5.63. The zero-order valence-electron chi connectivity index (χ0n) is 19.3. The number of ether oxygens (including phenoxy) is 2. The number of nitrogens with one attached hydrogen (secondary N) is 1. The number of carbonyl (C=O) groups is 1. The second-order valence-corrected chi connectivity index (χ2v) is 8.99. The van der Waals surface area contributed by atoms with Crippen LogP contribution in [-0.2, 0) is 11.3 Å². The van der Waals surface area contributed by atoms with E-state index in [-0.39, 0.29) is 5.91 Å². The number of methoxy groups -OCH3 is 2. The lowest BCUT2D eigenvalue weighted by Crippen LogP contribution is -2.14. The molecule has 1 N–H and O–H groups in total. The van der Waals surface area contributed by atoms with Crippen LogP contribution in [0.1, 0.15) is 16.7 Å². The average molecular weight is 461 g/mol. The highest BCUT2D eigenvalue weighted by Crippen LogP contribution is 2.32. The van der Waals surface area contributed by atoms with E-state index in [1.165, 1.54) is 28.5 Å². The number of carbonyl (C=O) groups excluding carboxylic acids is 1. The molecule has 0 aliphatic rings. The molecule has 1 heterocycles. The standard InChI is InChI=1S/C27H28N2O3S/c1-18-9-10-19(2)20(13-18)15-29-16-26(22-7-5-6-8-24(22)29)33-17-27(30)28-23-12-11-21(31-3)14-25(23)32-4/h5-14,16H,15,17H2,1-4H3,(H,28,30). The lowest BCUT2D eigenvalue weighted by atomic mass is 10.1. The van der Waals surface area contributed by atoms with Crippen molar-refractivity contribution in [2.45, 2.75) is 25.3 Å². The molecular formula is C27H28N2O3S. The summed E-state index contributed by atoms with van der Waals surface area (Å²) in [6.45, 7) is 5.06. The molecule has 0 saturated carbocycles. The van der Waals surface area contributed by atoms with Crippen LogP contribution in [0.4, 0.5) is 5.69 Å². The Bertz CT molecular complexity index is 1300. The van der Waals surface area contributed by atoms with Crippen LogP contribution < -0.4 is 14.8 Å². The molecule has 3 aromatic carbocycles. The van der Waals surface area contributed by atoms with E-state index in [0.717, 1.165) is 22.3 Å². The molecule has 0 unspecified atom stereocenters. The van der Waals surface area contributed by atoms with Gasteiger partial charge in [0.25, 0.3) is 0 Å². The van der Waals surface area contributed by atoms with Gasteiger partial charge in [0.05, 0.1) is 25.7 Å². The Morgan fingerprint density at radius 3 is 2.61 bits per heavy atom. The first kappa shape index (κ1) is 22.8. The van der Waals surface area contributed by atoms with Crippen molar-refractivity contribution in [3.63, 3.8) is 0 Å². The maximum Gasteiger partial charge on any atom is 0.234 e. The molecule has 0 saturated heterocycles. The van der Waals surface area contributed by atoms with Gasteiger partial charge in [-0.1, -0.05) is 42.0 Å². The highest BCUT2D eigenvalue weighted by Gasteiger charge is 2.13. The van der Waals surface area contributed by atoms with Crippen LogP contribution in [0.2, 0.25) is 0 Å². The van der Waals surface area contributed by atoms with Crippen LogP contribution in [0, 0.1) is 13.8 Å². The number of nitrogens with zero attached hydrogens (tertiary/aromatic N) is 1. The van der Waals surface area contributed by atoms with E-state index in [1.807, 2.05) is 6.07 Å². The van der Waals surface area contributed by atoms with E-state index in [0.29, 0.717) is 22.9 Å². The van der Waals surface area contributed by atoms with Crippen molar-refractivity contribution in [1.82, 2.24) is 4.57 Å². The summed E-state index contributed by atoms with van der Waals surface area (Å²) >= 11 is 1.54. The molecule has 4 rings (SSSR count). The number of rotatable bonds is 8. The smallest absolute Gasteiger partial charge is 0.234 e. The van der Waals surface area contributed by atoms with Gasteiger partial charge in [0, 0.05) is 34.6 Å². The number of amides is 1. The lowest BCUT2D eigenvalue weighted by Gasteiger charge is -2.11. The number of anilines is 1. The Morgan fingerprint density at radius 1 is 1.00 bits per heavy atom. The minimum atomic E-state index is -0.0881. The van der Waals surface area contributed by atoms with E-state index in [4.69, 9.17) is 9.47 Å². The Kier molecular flexibility index (Phi) is 6.94. The van der Waals surface area contributed by atoms with Crippen LogP contribution in [0.3, 0.4) is 0 Å². The lowest BCUT2D eigenvalue weighted by molar-refractivity contribution is -0.113. The zero-order valence-corrected chi connectivity index (χ0v) is 20.2. The van der Waals surface area contributed by atoms with Crippen molar-refractivity contribution in [3.05, 3.63) is 83.6 Å². The first-order chi connectivity index (χ1) is 16.0. The summed E-state index contributed by atoms with van der Waals surface area (Å²) in [5.74, 6) is 1.45. The third kappa shape index (κ3) is 5.17. The van der Waals surface area contributed by atoms with Crippen molar-refractivity contribution in [2.75, 3.05) is 25.3 Å². The normalized spacial score (nSPS) is 10.9. The third-order valence-electron chi connectivity index (χ3n) is 5.64. The first-order valence-electron chi connectivity index (χ1n) is 10.8. The van der Waals surface area contributed by atoms with E-state index in [1.54, 1.807) is 32.4 Å². The highest BCUT2D eigenvalue weighted by molar-refractivity contribution is 8.00. The van der Waals surface area contributed by atoms with E-state index < -0.39 is 0 Å². The van der Waals surface area contributed by atoms with Crippen molar-refractivity contribution in [2.24, 2.45) is 0 Å². The maximum atomic E-state index is 12.7. The SMILES string of the molecule is COc1ccc(NC(=O)CSc2cn(Cc3cc(C)ccc3C)c3ccccc23)c(OC)c1. The number of para-hydroxylation sites is 1. The van der Waals surface area contributed by atoms with E-state index in [9.17, 15) is 4.79 Å². The van der Waals surface area contributed by atoms with Crippen molar-refractivity contribution >= 4 is 34.3 Å². The molecule has 0 bridgehead atoms. The van der Waals surface area contributed by atoms with Crippen LogP contribution >= 0.6 is 11.8 Å². The molecule has 0 atom stereocenters. The molecule has 0 spiro atoms. The highest BCUT2D eigenvalue weighted by atomic mass is 32.2. The van der Waals surface area contributed by atoms with Crippen molar-refractivity contribution in [1.29, 1.82) is 0 Å². The van der Waals surface area contributed by atoms with Gasteiger partial charge in [-0.2, -0.15) is 0 Å². The average Bonchev–Trinajstić information content (AvgIpc) is 3.18. The molecule has 6 heteroatoms. The predicted octanol–water partition coefficient (Wildman–Crippen LogP) is 6.05. The molecule has 0 aliphatic carbocycles. The second-order valence-electron chi connectivity index (χ2n) is 7.97. The van der Waals surface area contributed by atoms with Crippen LogP contribution in [0.5, 0.6) is 11.5 Å². The zero-order chi connectivity index (χ0) is 23.4.